The Hall–Kier alpha value is -1.51. The number of halogens is 1. The van der Waals surface area contributed by atoms with Gasteiger partial charge in [0.2, 0.25) is 0 Å². The second-order valence-corrected chi connectivity index (χ2v) is 4.75. The molecule has 0 fully saturated rings. The van der Waals surface area contributed by atoms with Crippen molar-refractivity contribution in [3.63, 3.8) is 0 Å². The van der Waals surface area contributed by atoms with Gasteiger partial charge in [-0.1, -0.05) is 29.8 Å². The Bertz CT molecular complexity index is 566. The highest BCUT2D eigenvalue weighted by molar-refractivity contribution is 6.32. The van der Waals surface area contributed by atoms with Crippen molar-refractivity contribution in [1.82, 2.24) is 0 Å². The van der Waals surface area contributed by atoms with Gasteiger partial charge in [-0.2, -0.15) is 0 Å². The Morgan fingerprint density at radius 1 is 1.06 bits per heavy atom. The van der Waals surface area contributed by atoms with E-state index in [1.165, 1.54) is 0 Å². The summed E-state index contributed by atoms with van der Waals surface area (Å²) < 4.78 is 5.82. The third kappa shape index (κ3) is 2.84. The summed E-state index contributed by atoms with van der Waals surface area (Å²) in [6, 6.07) is 11.7. The number of ether oxygens (including phenoxy) is 1. The molecule has 94 valence electrons. The van der Waals surface area contributed by atoms with Crippen LogP contribution in [0.5, 0.6) is 11.5 Å². The molecule has 2 aromatic carbocycles. The van der Waals surface area contributed by atoms with Crippen LogP contribution in [-0.4, -0.2) is 0 Å². The topological polar surface area (TPSA) is 35.2 Å². The Labute approximate surface area is 112 Å². The van der Waals surface area contributed by atoms with Crippen LogP contribution in [0.15, 0.2) is 36.4 Å². The lowest BCUT2D eigenvalue weighted by molar-refractivity contribution is 0.479. The molecule has 0 amide bonds. The van der Waals surface area contributed by atoms with Gasteiger partial charge in [-0.3, -0.25) is 0 Å². The molecule has 2 nitrogen and oxygen atoms in total. The molecule has 0 saturated carbocycles. The normalized spacial score (nSPS) is 10.4. The maximum Gasteiger partial charge on any atom is 0.146 e. The number of benzene rings is 2. The number of aryl methyl sites for hydroxylation is 2. The first-order chi connectivity index (χ1) is 8.60. The van der Waals surface area contributed by atoms with Gasteiger partial charge in [-0.15, -0.1) is 0 Å². The number of nitrogens with two attached hydrogens (primary N) is 1. The minimum absolute atomic E-state index is 0.534. The summed E-state index contributed by atoms with van der Waals surface area (Å²) in [6.07, 6.45) is 0. The van der Waals surface area contributed by atoms with Gasteiger partial charge in [0.15, 0.2) is 0 Å². The van der Waals surface area contributed by atoms with E-state index in [0.717, 1.165) is 22.4 Å². The molecular formula is C15H16ClNO. The van der Waals surface area contributed by atoms with Crippen molar-refractivity contribution in [2.75, 3.05) is 0 Å². The van der Waals surface area contributed by atoms with E-state index in [0.29, 0.717) is 17.3 Å². The molecule has 18 heavy (non-hydrogen) atoms. The maximum absolute atomic E-state index is 6.15. The summed E-state index contributed by atoms with van der Waals surface area (Å²) in [5, 5.41) is 0.623. The van der Waals surface area contributed by atoms with Crippen LogP contribution in [0.4, 0.5) is 0 Å². The molecule has 2 N–H and O–H groups in total. The van der Waals surface area contributed by atoms with Gasteiger partial charge in [0, 0.05) is 6.54 Å². The molecule has 0 aliphatic heterocycles. The highest BCUT2D eigenvalue weighted by Crippen LogP contribution is 2.31. The first-order valence-electron chi connectivity index (χ1n) is 5.84. The van der Waals surface area contributed by atoms with Crippen molar-refractivity contribution in [2.24, 2.45) is 5.73 Å². The summed E-state index contributed by atoms with van der Waals surface area (Å²) in [6.45, 7) is 4.53. The van der Waals surface area contributed by atoms with E-state index in [2.05, 4.69) is 0 Å². The van der Waals surface area contributed by atoms with Gasteiger partial charge in [0.05, 0.1) is 5.02 Å². The van der Waals surface area contributed by atoms with E-state index >= 15 is 0 Å². The molecule has 0 spiro atoms. The fraction of sp³-hybridized carbons (Fsp3) is 0.200. The first-order valence-corrected chi connectivity index (χ1v) is 6.21. The van der Waals surface area contributed by atoms with Crippen molar-refractivity contribution in [3.05, 3.63) is 58.1 Å². The van der Waals surface area contributed by atoms with E-state index in [9.17, 15) is 0 Å². The quantitative estimate of drug-likeness (QED) is 0.898. The second-order valence-electron chi connectivity index (χ2n) is 4.34. The van der Waals surface area contributed by atoms with Crippen LogP contribution in [0, 0.1) is 13.8 Å². The monoisotopic (exact) mass is 261 g/mol. The van der Waals surface area contributed by atoms with Crippen LogP contribution >= 0.6 is 11.6 Å². The van der Waals surface area contributed by atoms with E-state index < -0.39 is 0 Å². The minimum Gasteiger partial charge on any atom is -0.456 e. The molecule has 3 heteroatoms. The zero-order chi connectivity index (χ0) is 13.1. The van der Waals surface area contributed by atoms with Crippen LogP contribution < -0.4 is 10.5 Å². The molecule has 0 aromatic heterocycles. The zero-order valence-corrected chi connectivity index (χ0v) is 11.3. The highest BCUT2D eigenvalue weighted by atomic mass is 35.5. The molecule has 0 saturated heterocycles. The van der Waals surface area contributed by atoms with Gasteiger partial charge < -0.3 is 10.5 Å². The Morgan fingerprint density at radius 2 is 1.78 bits per heavy atom. The van der Waals surface area contributed by atoms with E-state index in [1.807, 2.05) is 50.2 Å². The number of hydrogen-bond acceptors (Lipinski definition) is 2. The summed E-state index contributed by atoms with van der Waals surface area (Å²) in [5.41, 5.74) is 8.86. The summed E-state index contributed by atoms with van der Waals surface area (Å²) in [4.78, 5) is 0. The van der Waals surface area contributed by atoms with Crippen molar-refractivity contribution >= 4 is 11.6 Å². The van der Waals surface area contributed by atoms with Gasteiger partial charge in [0.1, 0.15) is 11.5 Å². The molecule has 0 aliphatic carbocycles. The van der Waals surface area contributed by atoms with Crippen molar-refractivity contribution < 1.29 is 4.74 Å². The molecule has 2 rings (SSSR count). The van der Waals surface area contributed by atoms with E-state index in [1.54, 1.807) is 0 Å². The highest BCUT2D eigenvalue weighted by Gasteiger charge is 2.06. The zero-order valence-electron chi connectivity index (χ0n) is 10.5. The molecular weight excluding hydrogens is 246 g/mol. The van der Waals surface area contributed by atoms with Crippen LogP contribution in [0.2, 0.25) is 5.02 Å². The Kier molecular flexibility index (Phi) is 3.90. The summed E-state index contributed by atoms with van der Waals surface area (Å²) >= 11 is 6.15. The molecule has 0 bridgehead atoms. The SMILES string of the molecule is Cc1ccc(Oc2ccc(CN)cc2C)c(Cl)c1. The summed E-state index contributed by atoms with van der Waals surface area (Å²) in [7, 11) is 0. The lowest BCUT2D eigenvalue weighted by Crippen LogP contribution is -1.97. The van der Waals surface area contributed by atoms with Gasteiger partial charge in [-0.05, 0) is 48.7 Å². The summed E-state index contributed by atoms with van der Waals surface area (Å²) in [5.74, 6) is 1.48. The van der Waals surface area contributed by atoms with Gasteiger partial charge >= 0.3 is 0 Å². The van der Waals surface area contributed by atoms with Crippen LogP contribution in [0.3, 0.4) is 0 Å². The van der Waals surface area contributed by atoms with Crippen molar-refractivity contribution in [1.29, 1.82) is 0 Å². The number of rotatable bonds is 3. The minimum atomic E-state index is 0.534. The largest absolute Gasteiger partial charge is 0.456 e. The van der Waals surface area contributed by atoms with Gasteiger partial charge in [0.25, 0.3) is 0 Å². The predicted molar refractivity (Wildman–Crippen MR) is 75.3 cm³/mol. The molecule has 0 unspecified atom stereocenters. The van der Waals surface area contributed by atoms with Crippen LogP contribution in [0.25, 0.3) is 0 Å². The lowest BCUT2D eigenvalue weighted by atomic mass is 10.1. The van der Waals surface area contributed by atoms with E-state index in [-0.39, 0.29) is 0 Å². The molecule has 0 radical (unpaired) electrons. The number of hydrogen-bond donors (Lipinski definition) is 1. The third-order valence-electron chi connectivity index (χ3n) is 2.78. The standard InChI is InChI=1S/C15H16ClNO/c1-10-3-5-15(13(16)7-10)18-14-6-4-12(9-17)8-11(14)2/h3-8H,9,17H2,1-2H3. The van der Waals surface area contributed by atoms with Gasteiger partial charge in [-0.25, -0.2) is 0 Å². The van der Waals surface area contributed by atoms with Crippen molar-refractivity contribution in [3.8, 4) is 11.5 Å². The first kappa shape index (κ1) is 12.9. The average Bonchev–Trinajstić information content (AvgIpc) is 2.34. The van der Waals surface area contributed by atoms with Crippen molar-refractivity contribution in [2.45, 2.75) is 20.4 Å². The predicted octanol–water partition coefficient (Wildman–Crippen LogP) is 4.21. The maximum atomic E-state index is 6.15. The van der Waals surface area contributed by atoms with Crippen LogP contribution in [-0.2, 0) is 6.54 Å². The molecule has 2 aromatic rings. The fourth-order valence-electron chi connectivity index (χ4n) is 1.76. The van der Waals surface area contributed by atoms with Crippen LogP contribution in [0.1, 0.15) is 16.7 Å². The Balaban J connectivity index is 2.28. The molecule has 0 aliphatic rings. The molecule has 0 atom stereocenters. The smallest absolute Gasteiger partial charge is 0.146 e. The Morgan fingerprint density at radius 3 is 2.39 bits per heavy atom. The molecule has 0 heterocycles. The fourth-order valence-corrected chi connectivity index (χ4v) is 2.03. The second kappa shape index (κ2) is 5.42. The third-order valence-corrected chi connectivity index (χ3v) is 3.08. The lowest BCUT2D eigenvalue weighted by Gasteiger charge is -2.11. The van der Waals surface area contributed by atoms with E-state index in [4.69, 9.17) is 22.1 Å². The average molecular weight is 262 g/mol.